The van der Waals surface area contributed by atoms with Crippen LogP contribution in [0.25, 0.3) is 0 Å². The minimum atomic E-state index is -0.406. The zero-order chi connectivity index (χ0) is 12.8. The molecule has 0 saturated heterocycles. The average molecular weight is 247 g/mol. The lowest BCUT2D eigenvalue weighted by atomic mass is 10.1. The highest BCUT2D eigenvalue weighted by Crippen LogP contribution is 2.09. The van der Waals surface area contributed by atoms with Crippen LogP contribution in [0.2, 0.25) is 0 Å². The van der Waals surface area contributed by atoms with Gasteiger partial charge in [0.1, 0.15) is 11.6 Å². The zero-order valence-corrected chi connectivity index (χ0v) is 10.00. The first-order valence-electron chi connectivity index (χ1n) is 5.94. The van der Waals surface area contributed by atoms with Crippen molar-refractivity contribution >= 4 is 0 Å². The number of nitrogens with one attached hydrogen (secondary N) is 1. The number of halogens is 2. The van der Waals surface area contributed by atoms with E-state index in [2.05, 4.69) is 5.32 Å². The molecule has 0 heterocycles. The maximum atomic E-state index is 13.3. The first kappa shape index (κ1) is 12.7. The Labute approximate surface area is 105 Å². The second-order valence-electron chi connectivity index (χ2n) is 4.15. The van der Waals surface area contributed by atoms with Crippen LogP contribution in [0.4, 0.5) is 8.78 Å². The largest absolute Gasteiger partial charge is 0.312 e. The summed E-state index contributed by atoms with van der Waals surface area (Å²) in [6.07, 6.45) is 0.873. The van der Waals surface area contributed by atoms with Gasteiger partial charge >= 0.3 is 0 Å². The summed E-state index contributed by atoms with van der Waals surface area (Å²) in [5, 5.41) is 3.11. The fraction of sp³-hybridized carbons (Fsp3) is 0.200. The molecule has 2 rings (SSSR count). The van der Waals surface area contributed by atoms with Crippen molar-refractivity contribution in [3.05, 3.63) is 71.3 Å². The number of rotatable bonds is 5. The fourth-order valence-corrected chi connectivity index (χ4v) is 1.78. The molecule has 0 saturated carbocycles. The van der Waals surface area contributed by atoms with E-state index in [0.717, 1.165) is 25.1 Å². The number of benzene rings is 2. The molecule has 0 aliphatic rings. The van der Waals surface area contributed by atoms with E-state index in [9.17, 15) is 8.78 Å². The predicted molar refractivity (Wildman–Crippen MR) is 68.2 cm³/mol. The normalized spacial score (nSPS) is 10.6. The Morgan fingerprint density at radius 1 is 0.944 bits per heavy atom. The van der Waals surface area contributed by atoms with Gasteiger partial charge in [-0.15, -0.1) is 0 Å². The molecular weight excluding hydrogens is 232 g/mol. The van der Waals surface area contributed by atoms with Gasteiger partial charge in [0.15, 0.2) is 0 Å². The van der Waals surface area contributed by atoms with Crippen molar-refractivity contribution in [2.45, 2.75) is 13.0 Å². The zero-order valence-electron chi connectivity index (χ0n) is 10.00. The Bertz CT molecular complexity index is 497. The van der Waals surface area contributed by atoms with Crippen molar-refractivity contribution in [2.24, 2.45) is 0 Å². The maximum absolute atomic E-state index is 13.3. The van der Waals surface area contributed by atoms with Gasteiger partial charge in [-0.25, -0.2) is 8.78 Å². The van der Waals surface area contributed by atoms with Crippen LogP contribution in [0.15, 0.2) is 48.5 Å². The van der Waals surface area contributed by atoms with Gasteiger partial charge in [0.2, 0.25) is 0 Å². The highest BCUT2D eigenvalue weighted by molar-refractivity contribution is 5.19. The molecule has 0 radical (unpaired) electrons. The van der Waals surface area contributed by atoms with E-state index in [4.69, 9.17) is 0 Å². The summed E-state index contributed by atoms with van der Waals surface area (Å²) >= 11 is 0. The third kappa shape index (κ3) is 3.64. The summed E-state index contributed by atoms with van der Waals surface area (Å²) in [5.74, 6) is -0.778. The molecule has 0 unspecified atom stereocenters. The molecule has 3 heteroatoms. The molecule has 94 valence electrons. The lowest BCUT2D eigenvalue weighted by Crippen LogP contribution is -2.17. The Morgan fingerprint density at radius 3 is 2.50 bits per heavy atom. The van der Waals surface area contributed by atoms with Gasteiger partial charge in [0, 0.05) is 12.1 Å². The summed E-state index contributed by atoms with van der Waals surface area (Å²) in [4.78, 5) is 0. The lowest BCUT2D eigenvalue weighted by molar-refractivity contribution is 0.569. The van der Waals surface area contributed by atoms with E-state index < -0.39 is 5.82 Å². The van der Waals surface area contributed by atoms with Gasteiger partial charge in [-0.05, 0) is 36.7 Å². The summed E-state index contributed by atoms with van der Waals surface area (Å²) in [7, 11) is 0. The molecule has 0 aliphatic carbocycles. The standard InChI is InChI=1S/C15H15F2N/c16-14-6-7-15(17)13(10-14)11-18-9-8-12-4-2-1-3-5-12/h1-7,10,18H,8-9,11H2. The highest BCUT2D eigenvalue weighted by Gasteiger charge is 2.02. The summed E-state index contributed by atoms with van der Waals surface area (Å²) in [5.41, 5.74) is 1.59. The molecule has 2 aromatic rings. The van der Waals surface area contributed by atoms with Crippen LogP contribution >= 0.6 is 0 Å². The third-order valence-electron chi connectivity index (χ3n) is 2.76. The van der Waals surface area contributed by atoms with E-state index in [1.165, 1.54) is 11.6 Å². The smallest absolute Gasteiger partial charge is 0.127 e. The molecule has 0 atom stereocenters. The van der Waals surface area contributed by atoms with Gasteiger partial charge in [-0.1, -0.05) is 30.3 Å². The van der Waals surface area contributed by atoms with Crippen molar-refractivity contribution < 1.29 is 8.78 Å². The second-order valence-corrected chi connectivity index (χ2v) is 4.15. The maximum Gasteiger partial charge on any atom is 0.127 e. The molecule has 1 nitrogen and oxygen atoms in total. The highest BCUT2D eigenvalue weighted by atomic mass is 19.1. The minimum absolute atomic E-state index is 0.344. The van der Waals surface area contributed by atoms with Crippen molar-refractivity contribution in [1.82, 2.24) is 5.32 Å². The average Bonchev–Trinajstić information content (AvgIpc) is 2.40. The quantitative estimate of drug-likeness (QED) is 0.799. The van der Waals surface area contributed by atoms with Crippen molar-refractivity contribution in [3.8, 4) is 0 Å². The molecule has 0 fully saturated rings. The fourth-order valence-electron chi connectivity index (χ4n) is 1.78. The Balaban J connectivity index is 1.80. The number of hydrogen-bond acceptors (Lipinski definition) is 1. The molecule has 1 N–H and O–H groups in total. The molecule has 0 amide bonds. The van der Waals surface area contributed by atoms with Gasteiger partial charge in [0.05, 0.1) is 0 Å². The lowest BCUT2D eigenvalue weighted by Gasteiger charge is -2.06. The Kier molecular flexibility index (Phi) is 4.42. The molecule has 2 aromatic carbocycles. The Morgan fingerprint density at radius 2 is 1.72 bits per heavy atom. The second kappa shape index (κ2) is 6.26. The van der Waals surface area contributed by atoms with Crippen molar-refractivity contribution in [3.63, 3.8) is 0 Å². The van der Waals surface area contributed by atoms with Gasteiger partial charge < -0.3 is 5.32 Å². The molecular formula is C15H15F2N. The van der Waals surface area contributed by atoms with Crippen LogP contribution in [0.1, 0.15) is 11.1 Å². The van der Waals surface area contributed by atoms with Crippen molar-refractivity contribution in [2.75, 3.05) is 6.54 Å². The first-order valence-corrected chi connectivity index (χ1v) is 5.94. The van der Waals surface area contributed by atoms with Crippen LogP contribution in [0, 0.1) is 11.6 Å². The summed E-state index contributed by atoms with van der Waals surface area (Å²) < 4.78 is 26.2. The van der Waals surface area contributed by atoms with E-state index in [0.29, 0.717) is 12.1 Å². The SMILES string of the molecule is Fc1ccc(F)c(CNCCc2ccccc2)c1. The number of hydrogen-bond donors (Lipinski definition) is 1. The van der Waals surface area contributed by atoms with Gasteiger partial charge in [-0.2, -0.15) is 0 Å². The van der Waals surface area contributed by atoms with Crippen LogP contribution in [0.3, 0.4) is 0 Å². The van der Waals surface area contributed by atoms with Crippen molar-refractivity contribution in [1.29, 1.82) is 0 Å². The molecule has 18 heavy (non-hydrogen) atoms. The van der Waals surface area contributed by atoms with Gasteiger partial charge in [-0.3, -0.25) is 0 Å². The molecule has 0 bridgehead atoms. The van der Waals surface area contributed by atoms with Crippen LogP contribution in [-0.4, -0.2) is 6.54 Å². The van der Waals surface area contributed by atoms with E-state index in [1.54, 1.807) is 0 Å². The molecule has 0 aromatic heterocycles. The van der Waals surface area contributed by atoms with Crippen LogP contribution < -0.4 is 5.32 Å². The minimum Gasteiger partial charge on any atom is -0.312 e. The molecule has 0 spiro atoms. The van der Waals surface area contributed by atoms with Crippen LogP contribution in [0.5, 0.6) is 0 Å². The Hall–Kier alpha value is -1.74. The van der Waals surface area contributed by atoms with E-state index in [1.807, 2.05) is 30.3 Å². The monoisotopic (exact) mass is 247 g/mol. The third-order valence-corrected chi connectivity index (χ3v) is 2.76. The molecule has 0 aliphatic heterocycles. The first-order chi connectivity index (χ1) is 8.75. The van der Waals surface area contributed by atoms with Crippen LogP contribution in [-0.2, 0) is 13.0 Å². The topological polar surface area (TPSA) is 12.0 Å². The van der Waals surface area contributed by atoms with E-state index >= 15 is 0 Å². The summed E-state index contributed by atoms with van der Waals surface area (Å²) in [6, 6.07) is 13.5. The predicted octanol–water partition coefficient (Wildman–Crippen LogP) is 3.30. The van der Waals surface area contributed by atoms with E-state index in [-0.39, 0.29) is 5.82 Å². The van der Waals surface area contributed by atoms with Gasteiger partial charge in [0.25, 0.3) is 0 Å². The summed E-state index contributed by atoms with van der Waals surface area (Å²) in [6.45, 7) is 1.08.